The number of rotatable bonds is 6. The van der Waals surface area contributed by atoms with Crippen LogP contribution in [0.5, 0.6) is 11.5 Å². The lowest BCUT2D eigenvalue weighted by Crippen LogP contribution is -2.03. The summed E-state index contributed by atoms with van der Waals surface area (Å²) < 4.78 is 10.9. The smallest absolute Gasteiger partial charge is 0.229 e. The monoisotopic (exact) mass is 397 g/mol. The third kappa shape index (κ3) is 3.89. The molecule has 0 amide bonds. The lowest BCUT2D eigenvalue weighted by atomic mass is 10.2. The first kappa shape index (κ1) is 18.2. The van der Waals surface area contributed by atoms with E-state index >= 15 is 0 Å². The van der Waals surface area contributed by atoms with Crippen molar-refractivity contribution in [2.24, 2.45) is 0 Å². The Morgan fingerprint density at radius 2 is 2.00 bits per heavy atom. The highest BCUT2D eigenvalue weighted by atomic mass is 35.5. The van der Waals surface area contributed by atoms with Gasteiger partial charge in [-0.05, 0) is 50.2 Å². The predicted molar refractivity (Wildman–Crippen MR) is 112 cm³/mol. The first-order valence-electron chi connectivity index (χ1n) is 8.93. The van der Waals surface area contributed by atoms with Gasteiger partial charge in [-0.3, -0.25) is 0 Å². The van der Waals surface area contributed by atoms with Gasteiger partial charge < -0.3 is 25.4 Å². The molecule has 2 heterocycles. The van der Waals surface area contributed by atoms with Crippen molar-refractivity contribution in [1.82, 2.24) is 9.97 Å². The number of aryl methyl sites for hydroxylation is 1. The van der Waals surface area contributed by atoms with Crippen LogP contribution in [0.3, 0.4) is 0 Å². The fourth-order valence-corrected chi connectivity index (χ4v) is 3.04. The van der Waals surface area contributed by atoms with Crippen molar-refractivity contribution in [2.45, 2.75) is 13.8 Å². The summed E-state index contributed by atoms with van der Waals surface area (Å²) in [5.41, 5.74) is 3.58. The van der Waals surface area contributed by atoms with Crippen molar-refractivity contribution >= 4 is 40.4 Å². The molecule has 4 rings (SSSR count). The third-order valence-electron chi connectivity index (χ3n) is 4.19. The molecule has 7 nitrogen and oxygen atoms in total. The van der Waals surface area contributed by atoms with Gasteiger partial charge in [0.25, 0.3) is 0 Å². The summed E-state index contributed by atoms with van der Waals surface area (Å²) >= 11 is 6.25. The lowest BCUT2D eigenvalue weighted by molar-refractivity contribution is 0.340. The van der Waals surface area contributed by atoms with E-state index in [-0.39, 0.29) is 0 Å². The van der Waals surface area contributed by atoms with Crippen LogP contribution < -0.4 is 25.4 Å². The molecule has 0 atom stereocenters. The average Bonchev–Trinajstić information content (AvgIpc) is 3.15. The van der Waals surface area contributed by atoms with E-state index in [2.05, 4.69) is 25.9 Å². The molecule has 3 aromatic rings. The molecule has 1 aromatic heterocycles. The number of anilines is 5. The van der Waals surface area contributed by atoms with Gasteiger partial charge in [0.05, 0.1) is 17.3 Å². The van der Waals surface area contributed by atoms with Crippen molar-refractivity contribution < 1.29 is 9.47 Å². The summed E-state index contributed by atoms with van der Waals surface area (Å²) in [6, 6.07) is 11.3. The highest BCUT2D eigenvalue weighted by Gasteiger charge is 2.12. The van der Waals surface area contributed by atoms with Gasteiger partial charge in [0.15, 0.2) is 6.73 Å². The lowest BCUT2D eigenvalue weighted by Gasteiger charge is -2.12. The predicted octanol–water partition coefficient (Wildman–Crippen LogP) is 5.09. The minimum atomic E-state index is 0.468. The number of aromatic nitrogens is 2. The van der Waals surface area contributed by atoms with Gasteiger partial charge in [0.2, 0.25) is 5.95 Å². The SMILES string of the molecule is CCOc1ccc(Nc2ncc(C)c(Nc3ccc4c(c3)NCO4)n2)cc1Cl. The Kier molecular flexibility index (Phi) is 5.08. The zero-order valence-electron chi connectivity index (χ0n) is 15.5. The Morgan fingerprint density at radius 1 is 1.18 bits per heavy atom. The van der Waals surface area contributed by atoms with Crippen LogP contribution in [0.1, 0.15) is 12.5 Å². The molecular weight excluding hydrogens is 378 g/mol. The normalized spacial score (nSPS) is 12.0. The molecule has 0 saturated carbocycles. The van der Waals surface area contributed by atoms with E-state index in [4.69, 9.17) is 21.1 Å². The Bertz CT molecular complexity index is 1010. The number of fused-ring (bicyclic) bond motifs is 1. The third-order valence-corrected chi connectivity index (χ3v) is 4.49. The van der Waals surface area contributed by atoms with Crippen LogP contribution in [-0.4, -0.2) is 23.3 Å². The minimum absolute atomic E-state index is 0.468. The van der Waals surface area contributed by atoms with E-state index in [1.54, 1.807) is 12.3 Å². The number of nitrogens with zero attached hydrogens (tertiary/aromatic N) is 2. The van der Waals surface area contributed by atoms with E-state index in [1.807, 2.05) is 44.2 Å². The summed E-state index contributed by atoms with van der Waals surface area (Å²) in [4.78, 5) is 8.94. The van der Waals surface area contributed by atoms with E-state index in [0.29, 0.717) is 35.9 Å². The molecule has 0 bridgehead atoms. The van der Waals surface area contributed by atoms with Crippen LogP contribution in [0.15, 0.2) is 42.6 Å². The van der Waals surface area contributed by atoms with Crippen LogP contribution in [0.25, 0.3) is 0 Å². The van der Waals surface area contributed by atoms with Crippen LogP contribution >= 0.6 is 11.6 Å². The maximum atomic E-state index is 6.25. The first-order chi connectivity index (χ1) is 13.6. The Labute approximate surface area is 168 Å². The van der Waals surface area contributed by atoms with E-state index in [0.717, 1.165) is 28.4 Å². The van der Waals surface area contributed by atoms with Crippen LogP contribution in [-0.2, 0) is 0 Å². The highest BCUT2D eigenvalue weighted by Crippen LogP contribution is 2.33. The summed E-state index contributed by atoms with van der Waals surface area (Å²) in [6.07, 6.45) is 1.77. The number of ether oxygens (including phenoxy) is 2. The average molecular weight is 398 g/mol. The maximum Gasteiger partial charge on any atom is 0.229 e. The molecule has 144 valence electrons. The molecule has 0 spiro atoms. The van der Waals surface area contributed by atoms with Crippen molar-refractivity contribution in [1.29, 1.82) is 0 Å². The molecule has 0 saturated heterocycles. The topological polar surface area (TPSA) is 80.3 Å². The fourth-order valence-electron chi connectivity index (χ4n) is 2.81. The van der Waals surface area contributed by atoms with Crippen LogP contribution in [0.4, 0.5) is 28.8 Å². The largest absolute Gasteiger partial charge is 0.492 e. The van der Waals surface area contributed by atoms with Gasteiger partial charge in [0.1, 0.15) is 17.3 Å². The Morgan fingerprint density at radius 3 is 2.82 bits per heavy atom. The second-order valence-corrected chi connectivity index (χ2v) is 6.64. The molecule has 0 unspecified atom stereocenters. The summed E-state index contributed by atoms with van der Waals surface area (Å²) in [5, 5.41) is 10.2. The summed E-state index contributed by atoms with van der Waals surface area (Å²) in [7, 11) is 0. The molecule has 2 aromatic carbocycles. The van der Waals surface area contributed by atoms with E-state index in [1.165, 1.54) is 0 Å². The van der Waals surface area contributed by atoms with Gasteiger partial charge in [-0.2, -0.15) is 4.98 Å². The minimum Gasteiger partial charge on any atom is -0.492 e. The van der Waals surface area contributed by atoms with Gasteiger partial charge >= 0.3 is 0 Å². The quantitative estimate of drug-likeness (QED) is 0.534. The maximum absolute atomic E-state index is 6.25. The van der Waals surface area contributed by atoms with Crippen LogP contribution in [0, 0.1) is 6.92 Å². The van der Waals surface area contributed by atoms with Gasteiger partial charge in [-0.1, -0.05) is 11.6 Å². The molecule has 0 radical (unpaired) electrons. The molecule has 0 aliphatic carbocycles. The highest BCUT2D eigenvalue weighted by molar-refractivity contribution is 6.32. The Balaban J connectivity index is 1.53. The van der Waals surface area contributed by atoms with Gasteiger partial charge in [-0.25, -0.2) is 4.98 Å². The second-order valence-electron chi connectivity index (χ2n) is 6.23. The van der Waals surface area contributed by atoms with Gasteiger partial charge in [0, 0.05) is 23.1 Å². The van der Waals surface area contributed by atoms with Gasteiger partial charge in [-0.15, -0.1) is 0 Å². The van der Waals surface area contributed by atoms with Crippen LogP contribution in [0.2, 0.25) is 5.02 Å². The molecular formula is C20H20ClN5O2. The molecule has 1 aliphatic rings. The summed E-state index contributed by atoms with van der Waals surface area (Å²) in [5.74, 6) is 2.68. The number of halogens is 1. The standard InChI is InChI=1S/C20H20ClN5O2/c1-3-27-17-6-4-13(8-15(17)21)25-20-22-10-12(2)19(26-20)24-14-5-7-18-16(9-14)23-11-28-18/h4-10,23H,3,11H2,1-2H3,(H2,22,24,25,26). The molecule has 1 aliphatic heterocycles. The van der Waals surface area contributed by atoms with E-state index in [9.17, 15) is 0 Å². The second kappa shape index (κ2) is 7.82. The number of nitrogens with one attached hydrogen (secondary N) is 3. The fraction of sp³-hybridized carbons (Fsp3) is 0.200. The number of benzene rings is 2. The van der Waals surface area contributed by atoms with Crippen molar-refractivity contribution in [3.05, 3.63) is 53.2 Å². The molecule has 28 heavy (non-hydrogen) atoms. The first-order valence-corrected chi connectivity index (χ1v) is 9.31. The number of hydrogen-bond donors (Lipinski definition) is 3. The van der Waals surface area contributed by atoms with Crippen molar-refractivity contribution in [2.75, 3.05) is 29.3 Å². The van der Waals surface area contributed by atoms with Crippen molar-refractivity contribution in [3.8, 4) is 11.5 Å². The molecule has 0 fully saturated rings. The molecule has 3 N–H and O–H groups in total. The summed E-state index contributed by atoms with van der Waals surface area (Å²) in [6.45, 7) is 4.92. The zero-order valence-corrected chi connectivity index (χ0v) is 16.3. The zero-order chi connectivity index (χ0) is 19.5. The van der Waals surface area contributed by atoms with Crippen molar-refractivity contribution in [3.63, 3.8) is 0 Å². The number of hydrogen-bond acceptors (Lipinski definition) is 7. The Hall–Kier alpha value is -3.19. The van der Waals surface area contributed by atoms with E-state index < -0.39 is 0 Å². The molecule has 8 heteroatoms.